The van der Waals surface area contributed by atoms with Crippen LogP contribution in [0.3, 0.4) is 0 Å². The van der Waals surface area contributed by atoms with Gasteiger partial charge in [-0.05, 0) is 31.0 Å². The molecule has 1 fully saturated rings. The average molecular weight is 279 g/mol. The highest BCUT2D eigenvalue weighted by atomic mass is 19.4. The van der Waals surface area contributed by atoms with E-state index in [0.717, 1.165) is 6.07 Å². The molecule has 0 radical (unpaired) electrons. The van der Waals surface area contributed by atoms with Crippen molar-refractivity contribution in [1.82, 2.24) is 0 Å². The molecule has 0 aromatic heterocycles. The summed E-state index contributed by atoms with van der Waals surface area (Å²) in [6, 6.07) is 7.50. The second-order valence-corrected chi connectivity index (χ2v) is 4.73. The first kappa shape index (κ1) is 14.2. The topological polar surface area (TPSA) is 50.8 Å². The Hall–Kier alpha value is -2.21. The number of anilines is 1. The van der Waals surface area contributed by atoms with E-state index in [0.29, 0.717) is 31.6 Å². The van der Waals surface area contributed by atoms with Crippen molar-refractivity contribution >= 4 is 5.69 Å². The molecule has 0 aliphatic carbocycles. The summed E-state index contributed by atoms with van der Waals surface area (Å²) in [4.78, 5) is 1.82. The largest absolute Gasteiger partial charge is 0.417 e. The Morgan fingerprint density at radius 2 is 1.80 bits per heavy atom. The van der Waals surface area contributed by atoms with Crippen LogP contribution in [0.25, 0.3) is 0 Å². The normalized spacial score (nSPS) is 16.6. The number of nitriles is 2. The number of rotatable bonds is 1. The number of nitrogens with zero attached hydrogens (tertiary/aromatic N) is 3. The molecule has 1 aliphatic heterocycles. The maximum absolute atomic E-state index is 12.9. The summed E-state index contributed by atoms with van der Waals surface area (Å²) >= 11 is 0. The summed E-state index contributed by atoms with van der Waals surface area (Å²) in [5.74, 6) is -0.0216. The number of piperidine rings is 1. The Labute approximate surface area is 114 Å². The summed E-state index contributed by atoms with van der Waals surface area (Å²) in [5.41, 5.74) is -0.819. The van der Waals surface area contributed by atoms with Crippen molar-refractivity contribution in [1.29, 1.82) is 10.5 Å². The molecule has 1 saturated heterocycles. The first-order valence-corrected chi connectivity index (χ1v) is 6.21. The Morgan fingerprint density at radius 1 is 1.15 bits per heavy atom. The second-order valence-electron chi connectivity index (χ2n) is 4.73. The minimum absolute atomic E-state index is 0.0216. The van der Waals surface area contributed by atoms with E-state index < -0.39 is 11.7 Å². The standard InChI is InChI=1S/C14H12F3N3/c15-14(16,17)13-7-12(2-1-11(13)9-19)20-5-3-10(8-18)4-6-20/h1-2,7,10H,3-6H2. The van der Waals surface area contributed by atoms with Gasteiger partial charge in [0.2, 0.25) is 0 Å². The molecule has 2 rings (SSSR count). The smallest absolute Gasteiger partial charge is 0.371 e. The predicted octanol–water partition coefficient (Wildman–Crippen LogP) is 3.32. The first-order chi connectivity index (χ1) is 9.45. The van der Waals surface area contributed by atoms with Crippen LogP contribution in [0.1, 0.15) is 24.0 Å². The van der Waals surface area contributed by atoms with Crippen LogP contribution in [0.5, 0.6) is 0 Å². The van der Waals surface area contributed by atoms with Crippen LogP contribution in [-0.2, 0) is 6.18 Å². The van der Waals surface area contributed by atoms with Gasteiger partial charge in [-0.1, -0.05) is 0 Å². The van der Waals surface area contributed by atoms with Crippen molar-refractivity contribution in [2.24, 2.45) is 5.92 Å². The van der Waals surface area contributed by atoms with Gasteiger partial charge in [0.05, 0.1) is 23.3 Å². The molecule has 0 atom stereocenters. The van der Waals surface area contributed by atoms with Crippen molar-refractivity contribution in [2.75, 3.05) is 18.0 Å². The zero-order valence-electron chi connectivity index (χ0n) is 10.6. The van der Waals surface area contributed by atoms with Crippen LogP contribution in [0.15, 0.2) is 18.2 Å². The zero-order valence-corrected chi connectivity index (χ0v) is 10.6. The molecule has 0 unspecified atom stereocenters. The molecule has 0 spiro atoms. The van der Waals surface area contributed by atoms with Crippen LogP contribution >= 0.6 is 0 Å². The summed E-state index contributed by atoms with van der Waals surface area (Å²) in [5, 5.41) is 17.6. The Bertz CT molecular complexity index is 573. The van der Waals surface area contributed by atoms with Gasteiger partial charge in [0.25, 0.3) is 0 Å². The number of halogens is 3. The third kappa shape index (κ3) is 2.85. The minimum atomic E-state index is -4.54. The highest BCUT2D eigenvalue weighted by Gasteiger charge is 2.34. The van der Waals surface area contributed by atoms with Gasteiger partial charge >= 0.3 is 6.18 Å². The fourth-order valence-electron chi connectivity index (χ4n) is 2.33. The van der Waals surface area contributed by atoms with E-state index in [9.17, 15) is 13.2 Å². The molecule has 1 aromatic rings. The summed E-state index contributed by atoms with van der Waals surface area (Å²) in [6.45, 7) is 1.11. The molecule has 1 aromatic carbocycles. The Morgan fingerprint density at radius 3 is 2.30 bits per heavy atom. The van der Waals surface area contributed by atoms with Crippen LogP contribution in [-0.4, -0.2) is 13.1 Å². The molecule has 1 aliphatic rings. The molecule has 0 bridgehead atoms. The van der Waals surface area contributed by atoms with Crippen LogP contribution < -0.4 is 4.90 Å². The molecule has 6 heteroatoms. The number of alkyl halides is 3. The zero-order chi connectivity index (χ0) is 14.8. The first-order valence-electron chi connectivity index (χ1n) is 6.21. The molecule has 20 heavy (non-hydrogen) atoms. The van der Waals surface area contributed by atoms with Crippen molar-refractivity contribution in [2.45, 2.75) is 19.0 Å². The van der Waals surface area contributed by atoms with E-state index in [1.165, 1.54) is 12.1 Å². The molecule has 0 saturated carbocycles. The molecular weight excluding hydrogens is 267 g/mol. The van der Waals surface area contributed by atoms with Gasteiger partial charge in [-0.25, -0.2) is 0 Å². The lowest BCUT2D eigenvalue weighted by Gasteiger charge is -2.31. The van der Waals surface area contributed by atoms with Crippen LogP contribution in [0.4, 0.5) is 18.9 Å². The number of benzene rings is 1. The molecular formula is C14H12F3N3. The second kappa shape index (κ2) is 5.42. The van der Waals surface area contributed by atoms with Gasteiger partial charge < -0.3 is 4.90 Å². The Balaban J connectivity index is 2.27. The van der Waals surface area contributed by atoms with E-state index in [1.54, 1.807) is 6.07 Å². The summed E-state index contributed by atoms with van der Waals surface area (Å²) in [6.07, 6.45) is -3.23. The summed E-state index contributed by atoms with van der Waals surface area (Å²) < 4.78 is 38.7. The van der Waals surface area contributed by atoms with Gasteiger partial charge in [0.1, 0.15) is 0 Å². The number of hydrogen-bond donors (Lipinski definition) is 0. The highest BCUT2D eigenvalue weighted by molar-refractivity contribution is 5.55. The summed E-state index contributed by atoms with van der Waals surface area (Å²) in [7, 11) is 0. The van der Waals surface area contributed by atoms with E-state index in [4.69, 9.17) is 10.5 Å². The fraction of sp³-hybridized carbons (Fsp3) is 0.429. The highest BCUT2D eigenvalue weighted by Crippen LogP contribution is 2.35. The average Bonchev–Trinajstić information content (AvgIpc) is 2.46. The fourth-order valence-corrected chi connectivity index (χ4v) is 2.33. The van der Waals surface area contributed by atoms with Crippen molar-refractivity contribution in [3.05, 3.63) is 29.3 Å². The molecule has 3 nitrogen and oxygen atoms in total. The monoisotopic (exact) mass is 279 g/mol. The van der Waals surface area contributed by atoms with Gasteiger partial charge in [-0.2, -0.15) is 23.7 Å². The lowest BCUT2D eigenvalue weighted by molar-refractivity contribution is -0.137. The van der Waals surface area contributed by atoms with E-state index in [-0.39, 0.29) is 11.5 Å². The quantitative estimate of drug-likeness (QED) is 0.792. The molecule has 1 heterocycles. The van der Waals surface area contributed by atoms with E-state index in [2.05, 4.69) is 6.07 Å². The van der Waals surface area contributed by atoms with Crippen LogP contribution in [0, 0.1) is 28.6 Å². The SMILES string of the molecule is N#Cc1ccc(N2CCC(C#N)CC2)cc1C(F)(F)F. The van der Waals surface area contributed by atoms with E-state index >= 15 is 0 Å². The molecule has 0 N–H and O–H groups in total. The Kier molecular flexibility index (Phi) is 3.85. The minimum Gasteiger partial charge on any atom is -0.371 e. The lowest BCUT2D eigenvalue weighted by Crippen LogP contribution is -2.33. The van der Waals surface area contributed by atoms with Gasteiger partial charge in [-0.15, -0.1) is 0 Å². The van der Waals surface area contributed by atoms with Crippen molar-refractivity contribution in [3.8, 4) is 12.1 Å². The van der Waals surface area contributed by atoms with Crippen LogP contribution in [0.2, 0.25) is 0 Å². The predicted molar refractivity (Wildman–Crippen MR) is 66.7 cm³/mol. The lowest BCUT2D eigenvalue weighted by atomic mass is 9.97. The third-order valence-electron chi connectivity index (χ3n) is 3.47. The number of hydrogen-bond acceptors (Lipinski definition) is 3. The maximum Gasteiger partial charge on any atom is 0.417 e. The molecule has 0 amide bonds. The van der Waals surface area contributed by atoms with Crippen molar-refractivity contribution in [3.63, 3.8) is 0 Å². The van der Waals surface area contributed by atoms with E-state index in [1.807, 2.05) is 4.90 Å². The van der Waals surface area contributed by atoms with Gasteiger partial charge in [0.15, 0.2) is 0 Å². The molecule has 104 valence electrons. The van der Waals surface area contributed by atoms with Gasteiger partial charge in [-0.3, -0.25) is 0 Å². The maximum atomic E-state index is 12.9. The third-order valence-corrected chi connectivity index (χ3v) is 3.47. The van der Waals surface area contributed by atoms with Gasteiger partial charge in [0, 0.05) is 24.7 Å². The van der Waals surface area contributed by atoms with Crippen molar-refractivity contribution < 1.29 is 13.2 Å².